The number of benzene rings is 1. The maximum Gasteiger partial charge on any atom is 0.321 e. The highest BCUT2D eigenvalue weighted by Gasteiger charge is 2.29. The number of aliphatic hydroxyl groups is 1. The molecule has 1 unspecified atom stereocenters. The molecule has 0 aliphatic carbocycles. The predicted molar refractivity (Wildman–Crippen MR) is 70.2 cm³/mol. The van der Waals surface area contributed by atoms with Crippen LogP contribution in [0.15, 0.2) is 6.07 Å². The summed E-state index contributed by atoms with van der Waals surface area (Å²) in [4.78, 5) is 13.2. The minimum atomic E-state index is -1.02. The molecule has 1 aromatic carbocycles. The number of carbonyl (C=O) groups is 1. The monoisotopic (exact) mass is 266 g/mol. The standard InChI is InChI=1S/C13H18N2O4/c1-7-8-6-19-12(16)11(8)9(5-10(7)18-4)14-13(17)15(2)3/h5,12,16H,6H2,1-4H3,(H,14,17). The lowest BCUT2D eigenvalue weighted by molar-refractivity contribution is -0.0915. The number of rotatable bonds is 2. The van der Waals surface area contributed by atoms with Gasteiger partial charge >= 0.3 is 6.03 Å². The average Bonchev–Trinajstić information content (AvgIpc) is 2.75. The Labute approximate surface area is 111 Å². The van der Waals surface area contributed by atoms with Crippen molar-refractivity contribution in [1.29, 1.82) is 0 Å². The van der Waals surface area contributed by atoms with Crippen LogP contribution in [0.25, 0.3) is 0 Å². The second-order valence-corrected chi connectivity index (χ2v) is 4.63. The van der Waals surface area contributed by atoms with Gasteiger partial charge in [-0.3, -0.25) is 0 Å². The number of carbonyl (C=O) groups excluding carboxylic acids is 1. The van der Waals surface area contributed by atoms with Gasteiger partial charge in [0.2, 0.25) is 0 Å². The third kappa shape index (κ3) is 2.36. The normalized spacial score (nSPS) is 17.0. The second-order valence-electron chi connectivity index (χ2n) is 4.63. The van der Waals surface area contributed by atoms with E-state index in [1.54, 1.807) is 27.3 Å². The van der Waals surface area contributed by atoms with Gasteiger partial charge < -0.3 is 24.8 Å². The van der Waals surface area contributed by atoms with Gasteiger partial charge in [0.25, 0.3) is 0 Å². The number of nitrogens with one attached hydrogen (secondary N) is 1. The largest absolute Gasteiger partial charge is 0.496 e. The number of fused-ring (bicyclic) bond motifs is 1. The first-order valence-electron chi connectivity index (χ1n) is 5.94. The van der Waals surface area contributed by atoms with Crippen LogP contribution in [0.2, 0.25) is 0 Å². The number of amides is 2. The Morgan fingerprint density at radius 1 is 1.58 bits per heavy atom. The fourth-order valence-corrected chi connectivity index (χ4v) is 2.09. The maximum atomic E-state index is 11.8. The molecule has 0 aromatic heterocycles. The molecule has 0 bridgehead atoms. The number of methoxy groups -OCH3 is 1. The zero-order chi connectivity index (χ0) is 14.2. The van der Waals surface area contributed by atoms with Crippen molar-refractivity contribution < 1.29 is 19.4 Å². The number of nitrogens with zero attached hydrogens (tertiary/aromatic N) is 1. The van der Waals surface area contributed by atoms with Gasteiger partial charge in [-0.05, 0) is 18.1 Å². The van der Waals surface area contributed by atoms with E-state index in [1.165, 1.54) is 4.90 Å². The van der Waals surface area contributed by atoms with Gasteiger partial charge in [-0.1, -0.05) is 0 Å². The fourth-order valence-electron chi connectivity index (χ4n) is 2.09. The summed E-state index contributed by atoms with van der Waals surface area (Å²) in [6.45, 7) is 2.21. The molecule has 0 fully saturated rings. The van der Waals surface area contributed by atoms with Gasteiger partial charge in [0.1, 0.15) is 5.75 Å². The Kier molecular flexibility index (Phi) is 3.64. The lowest BCUT2D eigenvalue weighted by Gasteiger charge is -2.18. The van der Waals surface area contributed by atoms with E-state index in [0.29, 0.717) is 23.6 Å². The van der Waals surface area contributed by atoms with E-state index in [1.807, 2.05) is 6.92 Å². The average molecular weight is 266 g/mol. The molecule has 19 heavy (non-hydrogen) atoms. The second kappa shape index (κ2) is 5.07. The molecule has 0 spiro atoms. The van der Waals surface area contributed by atoms with Crippen LogP contribution in [-0.4, -0.2) is 37.2 Å². The lowest BCUT2D eigenvalue weighted by Crippen LogP contribution is -2.28. The fraction of sp³-hybridized carbons (Fsp3) is 0.462. The zero-order valence-electron chi connectivity index (χ0n) is 11.5. The Balaban J connectivity index is 2.48. The van der Waals surface area contributed by atoms with Crippen molar-refractivity contribution in [1.82, 2.24) is 4.90 Å². The van der Waals surface area contributed by atoms with Gasteiger partial charge in [-0.15, -0.1) is 0 Å². The Morgan fingerprint density at radius 3 is 2.84 bits per heavy atom. The first kappa shape index (κ1) is 13.6. The number of ether oxygens (including phenoxy) is 2. The van der Waals surface area contributed by atoms with E-state index in [4.69, 9.17) is 9.47 Å². The minimum Gasteiger partial charge on any atom is -0.496 e. The summed E-state index contributed by atoms with van der Waals surface area (Å²) in [6.07, 6.45) is -1.02. The van der Waals surface area contributed by atoms with Crippen molar-refractivity contribution in [3.05, 3.63) is 22.8 Å². The minimum absolute atomic E-state index is 0.271. The molecule has 1 aromatic rings. The van der Waals surface area contributed by atoms with Crippen LogP contribution in [0, 0.1) is 6.92 Å². The quantitative estimate of drug-likeness (QED) is 0.853. The molecule has 6 nitrogen and oxygen atoms in total. The van der Waals surface area contributed by atoms with Crippen molar-refractivity contribution in [2.75, 3.05) is 26.5 Å². The number of hydrogen-bond acceptors (Lipinski definition) is 4. The molecule has 2 N–H and O–H groups in total. The summed E-state index contributed by atoms with van der Waals surface area (Å²) < 4.78 is 10.5. The van der Waals surface area contributed by atoms with Crippen molar-refractivity contribution in [2.45, 2.75) is 19.8 Å². The SMILES string of the molecule is COc1cc(NC(=O)N(C)C)c2c(c1C)COC2O. The predicted octanol–water partition coefficient (Wildman–Crippen LogP) is 1.62. The Morgan fingerprint density at radius 2 is 2.26 bits per heavy atom. The molecule has 6 heteroatoms. The van der Waals surface area contributed by atoms with E-state index >= 15 is 0 Å². The first-order chi connectivity index (χ1) is 8.95. The van der Waals surface area contributed by atoms with E-state index < -0.39 is 6.29 Å². The van der Waals surface area contributed by atoms with Crippen LogP contribution in [-0.2, 0) is 11.3 Å². The molecule has 0 saturated carbocycles. The van der Waals surface area contributed by atoms with E-state index in [9.17, 15) is 9.90 Å². The number of aliphatic hydroxyl groups excluding tert-OH is 1. The third-order valence-electron chi connectivity index (χ3n) is 3.21. The van der Waals surface area contributed by atoms with Crippen LogP contribution in [0.3, 0.4) is 0 Å². The molecule has 2 rings (SSSR count). The first-order valence-corrected chi connectivity index (χ1v) is 5.94. The van der Waals surface area contributed by atoms with Crippen LogP contribution in [0.1, 0.15) is 23.0 Å². The van der Waals surface area contributed by atoms with E-state index in [2.05, 4.69) is 5.32 Å². The molecule has 1 atom stereocenters. The van der Waals surface area contributed by atoms with E-state index in [0.717, 1.165) is 11.1 Å². The smallest absolute Gasteiger partial charge is 0.321 e. The molecule has 1 aliphatic heterocycles. The highest BCUT2D eigenvalue weighted by atomic mass is 16.6. The topological polar surface area (TPSA) is 71.0 Å². The van der Waals surface area contributed by atoms with Crippen molar-refractivity contribution in [3.63, 3.8) is 0 Å². The third-order valence-corrected chi connectivity index (χ3v) is 3.21. The van der Waals surface area contributed by atoms with E-state index in [-0.39, 0.29) is 6.03 Å². The van der Waals surface area contributed by atoms with Crippen LogP contribution in [0.5, 0.6) is 5.75 Å². The van der Waals surface area contributed by atoms with Crippen molar-refractivity contribution in [2.24, 2.45) is 0 Å². The van der Waals surface area contributed by atoms with Crippen molar-refractivity contribution >= 4 is 11.7 Å². The molecular weight excluding hydrogens is 248 g/mol. The van der Waals surface area contributed by atoms with Crippen LogP contribution >= 0.6 is 0 Å². The molecule has 1 aliphatic rings. The zero-order valence-corrected chi connectivity index (χ0v) is 11.5. The summed E-state index contributed by atoms with van der Waals surface area (Å²) in [7, 11) is 4.86. The number of anilines is 1. The summed E-state index contributed by atoms with van der Waals surface area (Å²) in [5.74, 6) is 0.658. The van der Waals surface area contributed by atoms with Gasteiger partial charge in [-0.25, -0.2) is 4.79 Å². The lowest BCUT2D eigenvalue weighted by atomic mass is 10.0. The maximum absolute atomic E-state index is 11.8. The molecule has 104 valence electrons. The molecule has 0 saturated heterocycles. The van der Waals surface area contributed by atoms with Crippen LogP contribution < -0.4 is 10.1 Å². The summed E-state index contributed by atoms with van der Waals surface area (Å²) in [5, 5.41) is 12.6. The number of hydrogen-bond donors (Lipinski definition) is 2. The molecular formula is C13H18N2O4. The van der Waals surface area contributed by atoms with Gasteiger partial charge in [-0.2, -0.15) is 0 Å². The summed E-state index contributed by atoms with van der Waals surface area (Å²) in [6, 6.07) is 1.43. The van der Waals surface area contributed by atoms with Gasteiger partial charge in [0, 0.05) is 25.7 Å². The highest BCUT2D eigenvalue weighted by molar-refractivity contribution is 5.90. The summed E-state index contributed by atoms with van der Waals surface area (Å²) >= 11 is 0. The van der Waals surface area contributed by atoms with Gasteiger partial charge in [0.05, 0.1) is 19.4 Å². The summed E-state index contributed by atoms with van der Waals surface area (Å²) in [5.41, 5.74) is 2.90. The number of urea groups is 1. The van der Waals surface area contributed by atoms with Crippen molar-refractivity contribution in [3.8, 4) is 5.75 Å². The highest BCUT2D eigenvalue weighted by Crippen LogP contribution is 2.40. The molecule has 2 amide bonds. The Hall–Kier alpha value is -1.79. The van der Waals surface area contributed by atoms with Gasteiger partial charge in [0.15, 0.2) is 6.29 Å². The van der Waals surface area contributed by atoms with Crippen LogP contribution in [0.4, 0.5) is 10.5 Å². The Bertz CT molecular complexity index is 514. The molecule has 0 radical (unpaired) electrons. The molecule has 1 heterocycles.